The predicted octanol–water partition coefficient (Wildman–Crippen LogP) is 5.26. The minimum absolute atomic E-state index is 0.0948. The van der Waals surface area contributed by atoms with Crippen molar-refractivity contribution in [2.75, 3.05) is 5.32 Å². The number of hydrogen-bond donors (Lipinski definition) is 2. The van der Waals surface area contributed by atoms with Crippen LogP contribution in [0.4, 0.5) is 5.69 Å². The van der Waals surface area contributed by atoms with E-state index >= 15 is 0 Å². The summed E-state index contributed by atoms with van der Waals surface area (Å²) in [5, 5.41) is 6.96. The van der Waals surface area contributed by atoms with Gasteiger partial charge in [-0.1, -0.05) is 41.9 Å². The lowest BCUT2D eigenvalue weighted by Crippen LogP contribution is -2.35. The van der Waals surface area contributed by atoms with Gasteiger partial charge in [0.15, 0.2) is 5.78 Å². The maximum atomic E-state index is 13.4. The number of nitrogens with one attached hydrogen (secondary N) is 2. The summed E-state index contributed by atoms with van der Waals surface area (Å²) in [4.78, 5) is 26.3. The van der Waals surface area contributed by atoms with E-state index in [0.717, 1.165) is 41.1 Å². The number of carbonyl (C=O) groups is 2. The standard InChI is InChI=1S/C24H23ClN2O2/c1-14-7-3-4-10-18(14)27-24(29)21-15(2)26-19-11-6-12-20(28)23(19)22(21)16-8-5-9-17(25)13-16/h3-5,7-10,13,22,26H,6,11-12H2,1-2H3,(H,27,29)/t22-/m1/s1. The van der Waals surface area contributed by atoms with Gasteiger partial charge in [0, 0.05) is 45.6 Å². The Kier molecular flexibility index (Phi) is 5.29. The molecule has 1 atom stereocenters. The molecule has 4 nitrogen and oxygen atoms in total. The molecular weight excluding hydrogens is 384 g/mol. The number of rotatable bonds is 3. The zero-order valence-corrected chi connectivity index (χ0v) is 17.3. The summed E-state index contributed by atoms with van der Waals surface area (Å²) >= 11 is 6.26. The number of amides is 1. The van der Waals surface area contributed by atoms with E-state index in [1.54, 1.807) is 6.07 Å². The first kappa shape index (κ1) is 19.5. The molecule has 0 saturated heterocycles. The fourth-order valence-corrected chi connectivity index (χ4v) is 4.41. The Morgan fingerprint density at radius 1 is 1.10 bits per heavy atom. The second kappa shape index (κ2) is 7.88. The van der Waals surface area contributed by atoms with Gasteiger partial charge < -0.3 is 10.6 Å². The molecule has 148 valence electrons. The molecule has 0 unspecified atom stereocenters. The summed E-state index contributed by atoms with van der Waals surface area (Å²) < 4.78 is 0. The zero-order valence-electron chi connectivity index (χ0n) is 16.5. The minimum Gasteiger partial charge on any atom is -0.362 e. The number of ketones is 1. The van der Waals surface area contributed by atoms with Crippen LogP contribution in [0.1, 0.15) is 43.2 Å². The molecule has 2 aromatic rings. The van der Waals surface area contributed by atoms with E-state index in [1.165, 1.54) is 0 Å². The number of hydrogen-bond acceptors (Lipinski definition) is 3. The quantitative estimate of drug-likeness (QED) is 0.731. The van der Waals surface area contributed by atoms with Crippen molar-refractivity contribution in [2.45, 2.75) is 39.0 Å². The van der Waals surface area contributed by atoms with E-state index in [1.807, 2.05) is 56.3 Å². The second-order valence-electron chi connectivity index (χ2n) is 7.59. The SMILES string of the molecule is CC1=C(C(=O)Nc2ccccc2C)[C@@H](c2cccc(Cl)c2)C2=C(CCCC2=O)N1. The lowest BCUT2D eigenvalue weighted by atomic mass is 9.75. The Hall–Kier alpha value is -2.85. The van der Waals surface area contributed by atoms with Gasteiger partial charge in [-0.2, -0.15) is 0 Å². The van der Waals surface area contributed by atoms with Crippen molar-refractivity contribution in [2.24, 2.45) is 0 Å². The summed E-state index contributed by atoms with van der Waals surface area (Å²) in [7, 11) is 0. The molecule has 0 radical (unpaired) electrons. The Morgan fingerprint density at radius 2 is 1.90 bits per heavy atom. The molecule has 2 aliphatic rings. The van der Waals surface area contributed by atoms with Crippen LogP contribution in [-0.2, 0) is 9.59 Å². The van der Waals surface area contributed by atoms with Gasteiger partial charge in [0.05, 0.1) is 0 Å². The molecule has 5 heteroatoms. The molecule has 1 aliphatic heterocycles. The molecular formula is C24H23ClN2O2. The van der Waals surface area contributed by atoms with Crippen molar-refractivity contribution in [1.29, 1.82) is 0 Å². The first-order valence-corrected chi connectivity index (χ1v) is 10.2. The van der Waals surface area contributed by atoms with Crippen LogP contribution in [0.3, 0.4) is 0 Å². The number of Topliss-reactive ketones (excluding diaryl/α,β-unsaturated/α-hetero) is 1. The Labute approximate surface area is 175 Å². The monoisotopic (exact) mass is 406 g/mol. The van der Waals surface area contributed by atoms with Crippen molar-refractivity contribution in [3.63, 3.8) is 0 Å². The van der Waals surface area contributed by atoms with Crippen molar-refractivity contribution >= 4 is 29.0 Å². The third kappa shape index (κ3) is 3.73. The molecule has 0 fully saturated rings. The third-order valence-electron chi connectivity index (χ3n) is 5.60. The maximum Gasteiger partial charge on any atom is 0.254 e. The Balaban J connectivity index is 1.81. The van der Waals surface area contributed by atoms with Gasteiger partial charge in [-0.15, -0.1) is 0 Å². The molecule has 0 aromatic heterocycles. The lowest BCUT2D eigenvalue weighted by molar-refractivity contribution is -0.116. The van der Waals surface area contributed by atoms with Crippen LogP contribution >= 0.6 is 11.6 Å². The van der Waals surface area contributed by atoms with E-state index in [4.69, 9.17) is 11.6 Å². The van der Waals surface area contributed by atoms with E-state index < -0.39 is 5.92 Å². The molecule has 0 saturated carbocycles. The van der Waals surface area contributed by atoms with E-state index in [2.05, 4.69) is 10.6 Å². The summed E-state index contributed by atoms with van der Waals surface area (Å²) in [6.45, 7) is 3.85. The Bertz CT molecular complexity index is 1070. The van der Waals surface area contributed by atoms with Gasteiger partial charge in [-0.3, -0.25) is 9.59 Å². The van der Waals surface area contributed by atoms with Crippen LogP contribution in [0.5, 0.6) is 0 Å². The summed E-state index contributed by atoms with van der Waals surface area (Å²) in [6, 6.07) is 15.1. The molecule has 2 N–H and O–H groups in total. The Morgan fingerprint density at radius 3 is 2.66 bits per heavy atom. The number of anilines is 1. The highest BCUT2D eigenvalue weighted by atomic mass is 35.5. The highest BCUT2D eigenvalue weighted by Gasteiger charge is 2.38. The van der Waals surface area contributed by atoms with Gasteiger partial charge >= 0.3 is 0 Å². The number of para-hydroxylation sites is 1. The van der Waals surface area contributed by atoms with E-state index in [-0.39, 0.29) is 11.7 Å². The first-order valence-electron chi connectivity index (χ1n) is 9.82. The van der Waals surface area contributed by atoms with Crippen LogP contribution in [0.2, 0.25) is 5.02 Å². The van der Waals surface area contributed by atoms with Crippen molar-refractivity contribution in [3.8, 4) is 0 Å². The summed E-state index contributed by atoms with van der Waals surface area (Å²) in [5.41, 5.74) is 5.55. The number of carbonyl (C=O) groups excluding carboxylic acids is 2. The minimum atomic E-state index is -0.429. The van der Waals surface area contributed by atoms with Crippen LogP contribution in [-0.4, -0.2) is 11.7 Å². The number of allylic oxidation sites excluding steroid dienone is 3. The van der Waals surface area contributed by atoms with Crippen molar-refractivity contribution < 1.29 is 9.59 Å². The highest BCUT2D eigenvalue weighted by Crippen LogP contribution is 2.42. The molecule has 0 bridgehead atoms. The lowest BCUT2D eigenvalue weighted by Gasteiger charge is -2.34. The summed E-state index contributed by atoms with van der Waals surface area (Å²) in [5.74, 6) is -0.543. The van der Waals surface area contributed by atoms with E-state index in [0.29, 0.717) is 22.6 Å². The molecule has 1 amide bonds. The van der Waals surface area contributed by atoms with Crippen molar-refractivity contribution in [1.82, 2.24) is 5.32 Å². The van der Waals surface area contributed by atoms with E-state index in [9.17, 15) is 9.59 Å². The summed E-state index contributed by atoms with van der Waals surface area (Å²) in [6.07, 6.45) is 2.14. The van der Waals surface area contributed by atoms with Crippen molar-refractivity contribution in [3.05, 3.63) is 87.2 Å². The predicted molar refractivity (Wildman–Crippen MR) is 116 cm³/mol. The molecule has 0 spiro atoms. The molecule has 1 aliphatic carbocycles. The zero-order chi connectivity index (χ0) is 20.5. The largest absolute Gasteiger partial charge is 0.362 e. The van der Waals surface area contributed by atoms with Crippen LogP contribution < -0.4 is 10.6 Å². The second-order valence-corrected chi connectivity index (χ2v) is 8.03. The third-order valence-corrected chi connectivity index (χ3v) is 5.83. The number of dihydropyridines is 1. The number of aryl methyl sites for hydroxylation is 1. The molecule has 29 heavy (non-hydrogen) atoms. The van der Waals surface area contributed by atoms with Gasteiger partial charge in [-0.25, -0.2) is 0 Å². The fourth-order valence-electron chi connectivity index (χ4n) is 4.21. The topological polar surface area (TPSA) is 58.2 Å². The average Bonchev–Trinajstić information content (AvgIpc) is 2.69. The van der Waals surface area contributed by atoms with Gasteiger partial charge in [0.2, 0.25) is 0 Å². The maximum absolute atomic E-state index is 13.4. The first-order chi connectivity index (χ1) is 14.0. The van der Waals surface area contributed by atoms with Crippen LogP contribution in [0, 0.1) is 6.92 Å². The van der Waals surface area contributed by atoms with Gasteiger partial charge in [-0.05, 0) is 56.0 Å². The molecule has 1 heterocycles. The van der Waals surface area contributed by atoms with Crippen LogP contribution in [0.25, 0.3) is 0 Å². The van der Waals surface area contributed by atoms with Crippen LogP contribution in [0.15, 0.2) is 71.1 Å². The molecule has 4 rings (SSSR count). The fraction of sp³-hybridized carbons (Fsp3) is 0.250. The smallest absolute Gasteiger partial charge is 0.254 e. The number of benzene rings is 2. The molecule has 2 aromatic carbocycles. The number of halogens is 1. The van der Waals surface area contributed by atoms with Gasteiger partial charge in [0.25, 0.3) is 5.91 Å². The highest BCUT2D eigenvalue weighted by molar-refractivity contribution is 6.30. The normalized spacial score (nSPS) is 19.0. The average molecular weight is 407 g/mol. The van der Waals surface area contributed by atoms with Gasteiger partial charge in [0.1, 0.15) is 0 Å².